The van der Waals surface area contributed by atoms with Crippen LogP contribution in [0, 0.1) is 6.92 Å². The van der Waals surface area contributed by atoms with E-state index in [1.807, 2.05) is 50.5 Å². The fourth-order valence-corrected chi connectivity index (χ4v) is 4.77. The third-order valence-electron chi connectivity index (χ3n) is 4.59. The molecule has 3 aromatic rings. The fraction of sp³-hybridized carbons (Fsp3) is 0.211. The number of carboxylic acid groups (broad SMARTS) is 1. The molecule has 0 bridgehead atoms. The number of aromatic nitrogens is 2. The number of carbonyl (C=O) groups excluding carboxylic acids is 1. The molecule has 1 aromatic carbocycles. The van der Waals surface area contributed by atoms with Crippen LogP contribution in [0.5, 0.6) is 0 Å². The van der Waals surface area contributed by atoms with Gasteiger partial charge in [-0.1, -0.05) is 30.3 Å². The van der Waals surface area contributed by atoms with E-state index in [1.165, 1.54) is 11.3 Å². The van der Waals surface area contributed by atoms with Crippen molar-refractivity contribution in [3.8, 4) is 11.1 Å². The predicted molar refractivity (Wildman–Crippen MR) is 99.7 cm³/mol. The number of nitrogens with zero attached hydrogens (tertiary/aromatic N) is 2. The molecule has 1 atom stereocenters. The molecule has 1 aliphatic heterocycles. The Balaban J connectivity index is 1.96. The summed E-state index contributed by atoms with van der Waals surface area (Å²) in [6.45, 7) is 1.91. The number of benzene rings is 1. The quantitative estimate of drug-likeness (QED) is 0.740. The predicted octanol–water partition coefficient (Wildman–Crippen LogP) is 3.63. The summed E-state index contributed by atoms with van der Waals surface area (Å²) in [4.78, 5) is 25.4. The summed E-state index contributed by atoms with van der Waals surface area (Å²) in [7, 11) is 1.84. The number of hydrogen-bond acceptors (Lipinski definition) is 4. The van der Waals surface area contributed by atoms with E-state index in [0.29, 0.717) is 11.3 Å². The van der Waals surface area contributed by atoms with Crippen molar-refractivity contribution in [1.29, 1.82) is 0 Å². The SMILES string of the molecule is Cc1nn(C)cc1[C@@H]1CC(=O)Nc2c1sc(C(=O)O)c2-c1ccccc1. The molecule has 0 saturated heterocycles. The minimum absolute atomic E-state index is 0.113. The molecule has 0 fully saturated rings. The largest absolute Gasteiger partial charge is 0.477 e. The van der Waals surface area contributed by atoms with Crippen molar-refractivity contribution in [2.75, 3.05) is 5.32 Å². The van der Waals surface area contributed by atoms with Gasteiger partial charge in [-0.25, -0.2) is 4.79 Å². The van der Waals surface area contributed by atoms with Gasteiger partial charge in [0.25, 0.3) is 0 Å². The number of anilines is 1. The molecule has 132 valence electrons. The monoisotopic (exact) mass is 367 g/mol. The molecule has 4 rings (SSSR count). The second-order valence-electron chi connectivity index (χ2n) is 6.37. The molecule has 3 heterocycles. The highest BCUT2D eigenvalue weighted by molar-refractivity contribution is 7.15. The third kappa shape index (κ3) is 2.61. The smallest absolute Gasteiger partial charge is 0.346 e. The van der Waals surface area contributed by atoms with Gasteiger partial charge in [-0.2, -0.15) is 5.10 Å². The number of rotatable bonds is 3. The van der Waals surface area contributed by atoms with E-state index in [2.05, 4.69) is 10.4 Å². The number of carbonyl (C=O) groups is 2. The number of fused-ring (bicyclic) bond motifs is 1. The molecular formula is C19H17N3O3S. The lowest BCUT2D eigenvalue weighted by molar-refractivity contribution is -0.116. The topological polar surface area (TPSA) is 84.2 Å². The Morgan fingerprint density at radius 1 is 1.35 bits per heavy atom. The first-order chi connectivity index (χ1) is 12.5. The Morgan fingerprint density at radius 3 is 2.69 bits per heavy atom. The summed E-state index contributed by atoms with van der Waals surface area (Å²) >= 11 is 1.24. The van der Waals surface area contributed by atoms with Gasteiger partial charge in [-0.05, 0) is 12.5 Å². The van der Waals surface area contributed by atoms with E-state index < -0.39 is 5.97 Å². The van der Waals surface area contributed by atoms with Crippen LogP contribution in [0.1, 0.15) is 38.1 Å². The fourth-order valence-electron chi connectivity index (χ4n) is 3.53. The van der Waals surface area contributed by atoms with Gasteiger partial charge in [0.1, 0.15) is 4.88 Å². The summed E-state index contributed by atoms with van der Waals surface area (Å²) in [5.74, 6) is -1.29. The van der Waals surface area contributed by atoms with Crippen molar-refractivity contribution < 1.29 is 14.7 Å². The molecule has 6 nitrogen and oxygen atoms in total. The summed E-state index contributed by atoms with van der Waals surface area (Å²) in [6.07, 6.45) is 2.19. The second-order valence-corrected chi connectivity index (χ2v) is 7.42. The number of hydrogen-bond donors (Lipinski definition) is 2. The first-order valence-corrected chi connectivity index (χ1v) is 9.02. The lowest BCUT2D eigenvalue weighted by Gasteiger charge is -2.23. The van der Waals surface area contributed by atoms with Crippen molar-refractivity contribution >= 4 is 28.9 Å². The summed E-state index contributed by atoms with van der Waals surface area (Å²) in [5.41, 5.74) is 3.79. The van der Waals surface area contributed by atoms with Crippen LogP contribution < -0.4 is 5.32 Å². The number of nitrogens with one attached hydrogen (secondary N) is 1. The summed E-state index contributed by atoms with van der Waals surface area (Å²) in [5, 5.41) is 17.0. The van der Waals surface area contributed by atoms with E-state index in [4.69, 9.17) is 0 Å². The van der Waals surface area contributed by atoms with Gasteiger partial charge in [0.2, 0.25) is 5.91 Å². The highest BCUT2D eigenvalue weighted by Crippen LogP contribution is 2.49. The van der Waals surface area contributed by atoms with Crippen molar-refractivity contribution in [2.45, 2.75) is 19.3 Å². The van der Waals surface area contributed by atoms with Crippen LogP contribution in [0.4, 0.5) is 5.69 Å². The van der Waals surface area contributed by atoms with Crippen molar-refractivity contribution in [3.05, 3.63) is 57.5 Å². The van der Waals surface area contributed by atoms with Gasteiger partial charge in [-0.3, -0.25) is 9.48 Å². The average molecular weight is 367 g/mol. The molecule has 0 saturated carbocycles. The van der Waals surface area contributed by atoms with Crippen molar-refractivity contribution in [3.63, 3.8) is 0 Å². The molecular weight excluding hydrogens is 350 g/mol. The Morgan fingerprint density at radius 2 is 2.08 bits per heavy atom. The molecule has 0 spiro atoms. The van der Waals surface area contributed by atoms with Crippen LogP contribution in [-0.2, 0) is 11.8 Å². The molecule has 1 aliphatic rings. The summed E-state index contributed by atoms with van der Waals surface area (Å²) < 4.78 is 1.72. The maximum atomic E-state index is 12.4. The van der Waals surface area contributed by atoms with Gasteiger partial charge in [0.05, 0.1) is 11.4 Å². The van der Waals surface area contributed by atoms with E-state index in [9.17, 15) is 14.7 Å². The minimum Gasteiger partial charge on any atom is -0.477 e. The van der Waals surface area contributed by atoms with E-state index in [-0.39, 0.29) is 23.1 Å². The number of aryl methyl sites for hydroxylation is 2. The van der Waals surface area contributed by atoms with Gasteiger partial charge in [0.15, 0.2) is 0 Å². The standard InChI is InChI=1S/C19H17N3O3S/c1-10-13(9-22(2)21-10)12-8-14(23)20-16-15(11-6-4-3-5-7-11)18(19(24)25)26-17(12)16/h3-7,9,12H,8H2,1-2H3,(H,20,23)(H,24,25)/t12-/m0/s1. The molecule has 0 aliphatic carbocycles. The summed E-state index contributed by atoms with van der Waals surface area (Å²) in [6, 6.07) is 9.32. The molecule has 0 unspecified atom stereocenters. The zero-order chi connectivity index (χ0) is 18.4. The average Bonchev–Trinajstić information content (AvgIpc) is 3.14. The maximum absolute atomic E-state index is 12.4. The Kier molecular flexibility index (Phi) is 3.88. The van der Waals surface area contributed by atoms with Crippen LogP contribution in [-0.4, -0.2) is 26.8 Å². The Bertz CT molecular complexity index is 1020. The van der Waals surface area contributed by atoms with Gasteiger partial charge in [0, 0.05) is 41.6 Å². The first kappa shape index (κ1) is 16.5. The van der Waals surface area contributed by atoms with Crippen LogP contribution in [0.3, 0.4) is 0 Å². The van der Waals surface area contributed by atoms with Gasteiger partial charge >= 0.3 is 5.97 Å². The second kappa shape index (κ2) is 6.10. The molecule has 2 aromatic heterocycles. The number of carboxylic acids is 1. The minimum atomic E-state index is -0.987. The molecule has 2 N–H and O–H groups in total. The van der Waals surface area contributed by atoms with Crippen molar-refractivity contribution in [2.24, 2.45) is 7.05 Å². The molecule has 26 heavy (non-hydrogen) atoms. The molecule has 0 radical (unpaired) electrons. The zero-order valence-electron chi connectivity index (χ0n) is 14.3. The lowest BCUT2D eigenvalue weighted by Crippen LogP contribution is -2.22. The van der Waals surface area contributed by atoms with Crippen LogP contribution in [0.15, 0.2) is 36.5 Å². The Labute approximate surface area is 154 Å². The normalized spacial score (nSPS) is 16.2. The van der Waals surface area contributed by atoms with Crippen LogP contribution >= 0.6 is 11.3 Å². The van der Waals surface area contributed by atoms with Crippen molar-refractivity contribution in [1.82, 2.24) is 9.78 Å². The van der Waals surface area contributed by atoms with Crippen LogP contribution in [0.2, 0.25) is 0 Å². The number of amides is 1. The molecule has 1 amide bonds. The third-order valence-corrected chi connectivity index (χ3v) is 5.88. The number of thiophene rings is 1. The molecule has 7 heteroatoms. The highest BCUT2D eigenvalue weighted by atomic mass is 32.1. The first-order valence-electron chi connectivity index (χ1n) is 8.21. The van der Waals surface area contributed by atoms with Gasteiger partial charge < -0.3 is 10.4 Å². The van der Waals surface area contributed by atoms with Gasteiger partial charge in [-0.15, -0.1) is 11.3 Å². The lowest BCUT2D eigenvalue weighted by atomic mass is 9.89. The number of aromatic carboxylic acids is 1. The van der Waals surface area contributed by atoms with E-state index >= 15 is 0 Å². The van der Waals surface area contributed by atoms with E-state index in [1.54, 1.807) is 4.68 Å². The Hall–Kier alpha value is -2.93. The highest BCUT2D eigenvalue weighted by Gasteiger charge is 2.35. The van der Waals surface area contributed by atoms with E-state index in [0.717, 1.165) is 21.7 Å². The van der Waals surface area contributed by atoms with Crippen LogP contribution in [0.25, 0.3) is 11.1 Å². The maximum Gasteiger partial charge on any atom is 0.346 e. The zero-order valence-corrected chi connectivity index (χ0v) is 15.1.